The number of aliphatic carboxylic acids is 1. The zero-order valence-corrected chi connectivity index (χ0v) is 9.91. The van der Waals surface area contributed by atoms with Crippen molar-refractivity contribution in [2.75, 3.05) is 6.61 Å². The fourth-order valence-electron chi connectivity index (χ4n) is 1.31. The molecule has 1 atom stereocenters. The third kappa shape index (κ3) is 4.00. The highest BCUT2D eigenvalue weighted by Gasteiger charge is 2.39. The van der Waals surface area contributed by atoms with Gasteiger partial charge in [0.1, 0.15) is 11.2 Å². The van der Waals surface area contributed by atoms with Gasteiger partial charge >= 0.3 is 11.9 Å². The van der Waals surface area contributed by atoms with Crippen LogP contribution in [0.4, 0.5) is 0 Å². The Morgan fingerprint density at radius 1 is 1.31 bits per heavy atom. The van der Waals surface area contributed by atoms with Crippen molar-refractivity contribution in [2.24, 2.45) is 5.41 Å². The summed E-state index contributed by atoms with van der Waals surface area (Å²) < 4.78 is 4.82. The van der Waals surface area contributed by atoms with Gasteiger partial charge < -0.3 is 9.84 Å². The zero-order chi connectivity index (χ0) is 12.8. The molecule has 0 aliphatic heterocycles. The first-order valence-electron chi connectivity index (χ1n) is 5.24. The van der Waals surface area contributed by atoms with Gasteiger partial charge in [0, 0.05) is 6.42 Å². The Balaban J connectivity index is 4.51. The molecule has 0 radical (unpaired) electrons. The summed E-state index contributed by atoms with van der Waals surface area (Å²) in [5.41, 5.74) is -1.22. The first-order chi connectivity index (χ1) is 7.34. The Morgan fingerprint density at radius 3 is 2.25 bits per heavy atom. The molecule has 0 aromatic carbocycles. The lowest BCUT2D eigenvalue weighted by Crippen LogP contribution is -2.36. The Bertz CT molecular complexity index is 284. The lowest BCUT2D eigenvalue weighted by Gasteiger charge is -2.23. The van der Waals surface area contributed by atoms with Gasteiger partial charge in [0.2, 0.25) is 0 Å². The second-order valence-electron chi connectivity index (χ2n) is 3.86. The van der Waals surface area contributed by atoms with E-state index in [1.165, 1.54) is 13.8 Å². The van der Waals surface area contributed by atoms with Crippen LogP contribution in [0.25, 0.3) is 0 Å². The summed E-state index contributed by atoms with van der Waals surface area (Å²) in [6.07, 6.45) is 0.431. The number of hydrogen-bond donors (Lipinski definition) is 1. The van der Waals surface area contributed by atoms with E-state index in [-0.39, 0.29) is 31.7 Å². The Hall–Kier alpha value is -1.39. The fourth-order valence-corrected chi connectivity index (χ4v) is 1.31. The van der Waals surface area contributed by atoms with Gasteiger partial charge in [0.15, 0.2) is 0 Å². The van der Waals surface area contributed by atoms with Gasteiger partial charge in [-0.15, -0.1) is 0 Å². The van der Waals surface area contributed by atoms with Crippen molar-refractivity contribution in [3.63, 3.8) is 0 Å². The van der Waals surface area contributed by atoms with Crippen LogP contribution in [0.15, 0.2) is 0 Å². The number of esters is 1. The number of hydrogen-bond acceptors (Lipinski definition) is 4. The van der Waals surface area contributed by atoms with Crippen molar-refractivity contribution in [3.8, 4) is 0 Å². The molecule has 0 spiro atoms. The summed E-state index contributed by atoms with van der Waals surface area (Å²) in [5.74, 6) is -1.81. The van der Waals surface area contributed by atoms with Gasteiger partial charge in [-0.05, 0) is 33.6 Å². The topological polar surface area (TPSA) is 80.7 Å². The number of carbonyl (C=O) groups excluding carboxylic acids is 2. The molecule has 0 saturated carbocycles. The minimum absolute atomic E-state index is 0.0533. The molecule has 0 amide bonds. The molecular formula is C11H18O5. The van der Waals surface area contributed by atoms with E-state index < -0.39 is 17.4 Å². The van der Waals surface area contributed by atoms with Crippen molar-refractivity contribution >= 4 is 17.7 Å². The maximum atomic E-state index is 11.6. The molecule has 0 rings (SSSR count). The van der Waals surface area contributed by atoms with Crippen LogP contribution in [0.3, 0.4) is 0 Å². The highest BCUT2D eigenvalue weighted by molar-refractivity contribution is 6.02. The Morgan fingerprint density at radius 2 is 1.88 bits per heavy atom. The lowest BCUT2D eigenvalue weighted by molar-refractivity contribution is -0.159. The average Bonchev–Trinajstić information content (AvgIpc) is 2.16. The average molecular weight is 230 g/mol. The molecule has 0 heterocycles. The predicted octanol–water partition coefficient (Wildman–Crippen LogP) is 1.40. The smallest absolute Gasteiger partial charge is 0.319 e. The van der Waals surface area contributed by atoms with Crippen LogP contribution < -0.4 is 0 Å². The standard InChI is InChI=1S/C11H18O5/c1-4-16-10(15)11(3,8(2)12)7-5-6-9(13)14/h4-7H2,1-3H3,(H,13,14)/t11-/m0/s1. The largest absolute Gasteiger partial charge is 0.481 e. The molecule has 0 aliphatic carbocycles. The normalized spacial score (nSPS) is 13.9. The summed E-state index contributed by atoms with van der Waals surface area (Å²) >= 11 is 0. The van der Waals surface area contributed by atoms with E-state index in [0.29, 0.717) is 0 Å². The first kappa shape index (κ1) is 14.6. The molecule has 0 fully saturated rings. The lowest BCUT2D eigenvalue weighted by atomic mass is 9.81. The number of carboxylic acids is 1. The first-order valence-corrected chi connectivity index (χ1v) is 5.24. The van der Waals surface area contributed by atoms with Crippen molar-refractivity contribution < 1.29 is 24.2 Å². The second kappa shape index (κ2) is 6.25. The molecule has 1 N–H and O–H groups in total. The van der Waals surface area contributed by atoms with E-state index in [9.17, 15) is 14.4 Å². The van der Waals surface area contributed by atoms with Crippen LogP contribution in [0.1, 0.15) is 40.0 Å². The highest BCUT2D eigenvalue weighted by atomic mass is 16.5. The van der Waals surface area contributed by atoms with Crippen LogP contribution in [-0.4, -0.2) is 29.4 Å². The predicted molar refractivity (Wildman–Crippen MR) is 56.9 cm³/mol. The minimum atomic E-state index is -1.22. The van der Waals surface area contributed by atoms with E-state index in [2.05, 4.69) is 0 Å². The number of carbonyl (C=O) groups is 3. The van der Waals surface area contributed by atoms with Gasteiger partial charge in [0.25, 0.3) is 0 Å². The molecule has 5 heteroatoms. The molecule has 0 aliphatic rings. The quantitative estimate of drug-likeness (QED) is 0.528. The van der Waals surface area contributed by atoms with E-state index in [0.717, 1.165) is 0 Å². The molecule has 0 aromatic rings. The Labute approximate surface area is 94.8 Å². The second-order valence-corrected chi connectivity index (χ2v) is 3.86. The van der Waals surface area contributed by atoms with Gasteiger partial charge in [-0.3, -0.25) is 14.4 Å². The maximum Gasteiger partial charge on any atom is 0.319 e. The van der Waals surface area contributed by atoms with E-state index in [1.54, 1.807) is 6.92 Å². The number of ketones is 1. The highest BCUT2D eigenvalue weighted by Crippen LogP contribution is 2.27. The summed E-state index contributed by atoms with van der Waals surface area (Å²) in [7, 11) is 0. The molecule has 0 bridgehead atoms. The zero-order valence-electron chi connectivity index (χ0n) is 9.91. The minimum Gasteiger partial charge on any atom is -0.481 e. The van der Waals surface area contributed by atoms with Crippen molar-refractivity contribution in [1.29, 1.82) is 0 Å². The molecular weight excluding hydrogens is 212 g/mol. The summed E-state index contributed by atoms with van der Waals surface area (Å²) in [6, 6.07) is 0. The fraction of sp³-hybridized carbons (Fsp3) is 0.727. The molecule has 0 aromatic heterocycles. The van der Waals surface area contributed by atoms with E-state index >= 15 is 0 Å². The number of Topliss-reactive ketones (excluding diaryl/α,β-unsaturated/α-hetero) is 1. The van der Waals surface area contributed by atoms with Crippen LogP contribution in [0, 0.1) is 5.41 Å². The summed E-state index contributed by atoms with van der Waals surface area (Å²) in [6.45, 7) is 4.68. The van der Waals surface area contributed by atoms with E-state index in [1.807, 2.05) is 0 Å². The van der Waals surface area contributed by atoms with Crippen molar-refractivity contribution in [2.45, 2.75) is 40.0 Å². The summed E-state index contributed by atoms with van der Waals surface area (Å²) in [4.78, 5) is 33.4. The van der Waals surface area contributed by atoms with Crippen LogP contribution in [-0.2, 0) is 19.1 Å². The third-order valence-electron chi connectivity index (χ3n) is 2.57. The molecule has 0 saturated heterocycles. The SMILES string of the molecule is CCOC(=O)[C@@](C)(CCCC(=O)O)C(C)=O. The van der Waals surface area contributed by atoms with Gasteiger partial charge in [-0.1, -0.05) is 0 Å². The van der Waals surface area contributed by atoms with Crippen LogP contribution in [0.2, 0.25) is 0 Å². The third-order valence-corrected chi connectivity index (χ3v) is 2.57. The summed E-state index contributed by atoms with van der Waals surface area (Å²) in [5, 5.41) is 8.49. The Kier molecular flexibility index (Phi) is 5.71. The van der Waals surface area contributed by atoms with Gasteiger partial charge in [0.05, 0.1) is 6.61 Å². The van der Waals surface area contributed by atoms with Gasteiger partial charge in [-0.25, -0.2) is 0 Å². The van der Waals surface area contributed by atoms with Crippen molar-refractivity contribution in [1.82, 2.24) is 0 Å². The van der Waals surface area contributed by atoms with Gasteiger partial charge in [-0.2, -0.15) is 0 Å². The maximum absolute atomic E-state index is 11.6. The number of rotatable bonds is 7. The van der Waals surface area contributed by atoms with E-state index in [4.69, 9.17) is 9.84 Å². The number of carboxylic acid groups (broad SMARTS) is 1. The molecule has 5 nitrogen and oxygen atoms in total. The van der Waals surface area contributed by atoms with Crippen LogP contribution in [0.5, 0.6) is 0 Å². The monoisotopic (exact) mass is 230 g/mol. The number of ether oxygens (including phenoxy) is 1. The molecule has 16 heavy (non-hydrogen) atoms. The molecule has 0 unspecified atom stereocenters. The van der Waals surface area contributed by atoms with Crippen LogP contribution >= 0.6 is 0 Å². The van der Waals surface area contributed by atoms with Crippen molar-refractivity contribution in [3.05, 3.63) is 0 Å². The molecule has 92 valence electrons.